The summed E-state index contributed by atoms with van der Waals surface area (Å²) in [5, 5.41) is 0.117. The minimum Gasteiger partial charge on any atom is -0.468 e. The predicted molar refractivity (Wildman–Crippen MR) is 105 cm³/mol. The van der Waals surface area contributed by atoms with Gasteiger partial charge in [-0.2, -0.15) is 0 Å². The molecule has 2 unspecified atom stereocenters. The van der Waals surface area contributed by atoms with E-state index < -0.39 is 20.2 Å². The number of Topliss-reactive ketones (excluding diaryl/α,β-unsaturated/α-hetero) is 1. The Hall–Kier alpha value is -1.12. The second-order valence-corrected chi connectivity index (χ2v) is 12.8. The normalized spacial score (nSPS) is 14.2. The lowest BCUT2D eigenvalue weighted by Crippen LogP contribution is -2.43. The van der Waals surface area contributed by atoms with E-state index in [1.54, 1.807) is 0 Å². The molecule has 0 aliphatic heterocycles. The SMILES string of the molecule is CCCCCC(C#CCC(C(C)=O)C(=O)OC)O[Si](C)(C)C(C)(C)C. The van der Waals surface area contributed by atoms with Gasteiger partial charge in [0.1, 0.15) is 17.8 Å². The van der Waals surface area contributed by atoms with Crippen LogP contribution in [-0.2, 0) is 18.8 Å². The van der Waals surface area contributed by atoms with Crippen LogP contribution in [0.2, 0.25) is 18.1 Å². The molecule has 0 bridgehead atoms. The maximum Gasteiger partial charge on any atom is 0.317 e. The number of hydrogen-bond acceptors (Lipinski definition) is 4. The molecule has 0 fully saturated rings. The summed E-state index contributed by atoms with van der Waals surface area (Å²) in [5.41, 5.74) is 0. The van der Waals surface area contributed by atoms with E-state index in [1.165, 1.54) is 14.0 Å². The first-order valence-corrected chi connectivity index (χ1v) is 12.1. The highest BCUT2D eigenvalue weighted by molar-refractivity contribution is 6.74. The van der Waals surface area contributed by atoms with Crippen molar-refractivity contribution in [2.24, 2.45) is 5.92 Å². The molecule has 0 amide bonds. The molecule has 0 radical (unpaired) electrons. The Kier molecular flexibility index (Phi) is 10.3. The molecule has 0 heterocycles. The van der Waals surface area contributed by atoms with Gasteiger partial charge in [0.25, 0.3) is 0 Å². The average molecular weight is 369 g/mol. The van der Waals surface area contributed by atoms with E-state index in [-0.39, 0.29) is 23.3 Å². The molecule has 0 aromatic heterocycles. The molecular weight excluding hydrogens is 332 g/mol. The average Bonchev–Trinajstić information content (AvgIpc) is 2.49. The van der Waals surface area contributed by atoms with Crippen LogP contribution in [0.15, 0.2) is 0 Å². The van der Waals surface area contributed by atoms with Crippen molar-refractivity contribution in [1.82, 2.24) is 0 Å². The second-order valence-electron chi connectivity index (χ2n) is 8.07. The number of ketones is 1. The smallest absolute Gasteiger partial charge is 0.317 e. The quantitative estimate of drug-likeness (QED) is 0.194. The highest BCUT2D eigenvalue weighted by Gasteiger charge is 2.38. The highest BCUT2D eigenvalue weighted by Crippen LogP contribution is 2.37. The number of hydrogen-bond donors (Lipinski definition) is 0. The van der Waals surface area contributed by atoms with Crippen LogP contribution in [-0.4, -0.2) is 33.3 Å². The minimum atomic E-state index is -1.92. The molecule has 0 aliphatic carbocycles. The fraction of sp³-hybridized carbons (Fsp3) is 0.800. The largest absolute Gasteiger partial charge is 0.468 e. The molecule has 0 spiro atoms. The van der Waals surface area contributed by atoms with Crippen molar-refractivity contribution in [2.75, 3.05) is 7.11 Å². The number of carbonyl (C=O) groups excluding carboxylic acids is 2. The van der Waals surface area contributed by atoms with E-state index in [9.17, 15) is 9.59 Å². The van der Waals surface area contributed by atoms with Gasteiger partial charge in [0.2, 0.25) is 0 Å². The van der Waals surface area contributed by atoms with Crippen LogP contribution in [0.3, 0.4) is 0 Å². The molecule has 0 rings (SSSR count). The van der Waals surface area contributed by atoms with E-state index >= 15 is 0 Å². The van der Waals surface area contributed by atoms with Gasteiger partial charge in [-0.25, -0.2) is 0 Å². The van der Waals surface area contributed by atoms with E-state index in [1.807, 2.05) is 0 Å². The maximum absolute atomic E-state index is 11.7. The van der Waals surface area contributed by atoms with E-state index in [0.29, 0.717) is 0 Å². The monoisotopic (exact) mass is 368 g/mol. The lowest BCUT2D eigenvalue weighted by Gasteiger charge is -2.38. The van der Waals surface area contributed by atoms with Gasteiger partial charge in [-0.05, 0) is 37.9 Å². The Labute approximate surface area is 155 Å². The van der Waals surface area contributed by atoms with Crippen LogP contribution < -0.4 is 0 Å². The van der Waals surface area contributed by atoms with Crippen LogP contribution in [0.25, 0.3) is 0 Å². The summed E-state index contributed by atoms with van der Waals surface area (Å²) in [6.07, 6.45) is 4.30. The molecule has 0 aromatic rings. The fourth-order valence-electron chi connectivity index (χ4n) is 2.08. The van der Waals surface area contributed by atoms with E-state index in [0.717, 1.165) is 25.7 Å². The number of methoxy groups -OCH3 is 1. The number of unbranched alkanes of at least 4 members (excludes halogenated alkanes) is 2. The maximum atomic E-state index is 11.7. The summed E-state index contributed by atoms with van der Waals surface area (Å²) in [7, 11) is -0.625. The Morgan fingerprint density at radius 3 is 2.20 bits per heavy atom. The van der Waals surface area contributed by atoms with Crippen LogP contribution >= 0.6 is 0 Å². The molecule has 0 aliphatic rings. The van der Waals surface area contributed by atoms with Gasteiger partial charge in [0.05, 0.1) is 7.11 Å². The topological polar surface area (TPSA) is 52.6 Å². The number of ether oxygens (including phenoxy) is 1. The van der Waals surface area contributed by atoms with Crippen LogP contribution in [0.5, 0.6) is 0 Å². The third-order valence-corrected chi connectivity index (χ3v) is 9.34. The third kappa shape index (κ3) is 8.69. The molecule has 0 saturated heterocycles. The van der Waals surface area contributed by atoms with Gasteiger partial charge in [-0.3, -0.25) is 9.59 Å². The van der Waals surface area contributed by atoms with Crippen LogP contribution in [0.1, 0.15) is 66.7 Å². The summed E-state index contributed by atoms with van der Waals surface area (Å²) in [4.78, 5) is 23.3. The van der Waals surface area contributed by atoms with Crippen molar-refractivity contribution < 1.29 is 18.8 Å². The molecule has 25 heavy (non-hydrogen) atoms. The predicted octanol–water partition coefficient (Wildman–Crippen LogP) is 4.73. The molecular formula is C20H36O4Si. The second kappa shape index (κ2) is 10.8. The molecule has 4 nitrogen and oxygen atoms in total. The molecule has 0 aromatic carbocycles. The standard InChI is InChI=1S/C20H36O4Si/c1-9-10-11-13-17(24-25(7,8)20(3,4)5)14-12-15-18(16(2)21)19(22)23-6/h17-18H,9-11,13,15H2,1-8H3. The van der Waals surface area contributed by atoms with Gasteiger partial charge < -0.3 is 9.16 Å². The van der Waals surface area contributed by atoms with Gasteiger partial charge in [0, 0.05) is 6.42 Å². The molecule has 144 valence electrons. The van der Waals surface area contributed by atoms with Crippen molar-refractivity contribution in [3.05, 3.63) is 0 Å². The van der Waals surface area contributed by atoms with Crippen molar-refractivity contribution in [2.45, 2.75) is 91.0 Å². The summed E-state index contributed by atoms with van der Waals surface area (Å²) >= 11 is 0. The lowest BCUT2D eigenvalue weighted by atomic mass is 10.0. The molecule has 0 saturated carbocycles. The first-order valence-electron chi connectivity index (χ1n) is 9.20. The first-order chi connectivity index (χ1) is 11.5. The Balaban J connectivity index is 5.13. The Morgan fingerprint density at radius 1 is 1.16 bits per heavy atom. The van der Waals surface area contributed by atoms with Crippen molar-refractivity contribution in [1.29, 1.82) is 0 Å². The van der Waals surface area contributed by atoms with E-state index in [4.69, 9.17) is 4.43 Å². The summed E-state index contributed by atoms with van der Waals surface area (Å²) in [5.74, 6) is 4.65. The third-order valence-electron chi connectivity index (χ3n) is 4.86. The van der Waals surface area contributed by atoms with Crippen LogP contribution in [0.4, 0.5) is 0 Å². The summed E-state index contributed by atoms with van der Waals surface area (Å²) < 4.78 is 11.1. The van der Waals surface area contributed by atoms with Gasteiger partial charge in [-0.15, -0.1) is 0 Å². The molecule has 2 atom stereocenters. The zero-order valence-electron chi connectivity index (χ0n) is 17.3. The Bertz CT molecular complexity index is 494. The first kappa shape index (κ1) is 23.9. The fourth-order valence-corrected chi connectivity index (χ4v) is 3.32. The zero-order chi connectivity index (χ0) is 19.7. The highest BCUT2D eigenvalue weighted by atomic mass is 28.4. The number of carbonyl (C=O) groups is 2. The number of rotatable bonds is 9. The van der Waals surface area contributed by atoms with Crippen LogP contribution in [0, 0.1) is 17.8 Å². The van der Waals surface area contributed by atoms with E-state index in [2.05, 4.69) is 57.4 Å². The van der Waals surface area contributed by atoms with Gasteiger partial charge in [0.15, 0.2) is 8.32 Å². The molecule has 0 N–H and O–H groups in total. The van der Waals surface area contributed by atoms with Crippen molar-refractivity contribution >= 4 is 20.1 Å². The van der Waals surface area contributed by atoms with Gasteiger partial charge in [-0.1, -0.05) is 52.4 Å². The zero-order valence-corrected chi connectivity index (χ0v) is 18.3. The lowest BCUT2D eigenvalue weighted by molar-refractivity contribution is -0.148. The minimum absolute atomic E-state index is 0.117. The number of esters is 1. The summed E-state index contributed by atoms with van der Waals surface area (Å²) in [6, 6.07) is 0. The van der Waals surface area contributed by atoms with Gasteiger partial charge >= 0.3 is 5.97 Å². The summed E-state index contributed by atoms with van der Waals surface area (Å²) in [6.45, 7) is 14.6. The Morgan fingerprint density at radius 2 is 1.76 bits per heavy atom. The van der Waals surface area contributed by atoms with Crippen molar-refractivity contribution in [3.63, 3.8) is 0 Å². The molecule has 5 heteroatoms. The van der Waals surface area contributed by atoms with Crippen molar-refractivity contribution in [3.8, 4) is 11.8 Å².